The standard InChI is InChI=1S/C21H42O2/c1-19(2)15-11-7-5-9-13-17-21(22)23-18-14-10-6-8-12-16-20(3)4/h19-20H,5-18H2,1-4H3. The molecule has 0 aromatic carbocycles. The highest BCUT2D eigenvalue weighted by molar-refractivity contribution is 5.69. The van der Waals surface area contributed by atoms with E-state index in [1.807, 2.05) is 0 Å². The summed E-state index contributed by atoms with van der Waals surface area (Å²) in [4.78, 5) is 11.6. The lowest BCUT2D eigenvalue weighted by molar-refractivity contribution is -0.143. The van der Waals surface area contributed by atoms with E-state index in [0.29, 0.717) is 13.0 Å². The van der Waals surface area contributed by atoms with Crippen LogP contribution in [0.3, 0.4) is 0 Å². The van der Waals surface area contributed by atoms with E-state index in [1.54, 1.807) is 0 Å². The van der Waals surface area contributed by atoms with Crippen LogP contribution in [0.4, 0.5) is 0 Å². The first-order valence-corrected chi connectivity index (χ1v) is 10.2. The first kappa shape index (κ1) is 22.5. The largest absolute Gasteiger partial charge is 0.466 e. The van der Waals surface area contributed by atoms with E-state index in [1.165, 1.54) is 64.2 Å². The smallest absolute Gasteiger partial charge is 0.305 e. The van der Waals surface area contributed by atoms with Crippen molar-refractivity contribution in [1.29, 1.82) is 0 Å². The Balaban J connectivity index is 3.19. The van der Waals surface area contributed by atoms with Crippen LogP contribution in [0.5, 0.6) is 0 Å². The van der Waals surface area contributed by atoms with Crippen LogP contribution >= 0.6 is 0 Å². The van der Waals surface area contributed by atoms with Crippen molar-refractivity contribution in [1.82, 2.24) is 0 Å². The molecule has 2 nitrogen and oxygen atoms in total. The fourth-order valence-corrected chi connectivity index (χ4v) is 2.80. The monoisotopic (exact) mass is 326 g/mol. The molecule has 0 aliphatic heterocycles. The number of hydrogen-bond donors (Lipinski definition) is 0. The molecule has 0 saturated carbocycles. The third-order valence-corrected chi connectivity index (χ3v) is 4.35. The fraction of sp³-hybridized carbons (Fsp3) is 0.952. The van der Waals surface area contributed by atoms with Crippen molar-refractivity contribution in [2.45, 2.75) is 111 Å². The summed E-state index contributed by atoms with van der Waals surface area (Å²) in [6.45, 7) is 9.75. The van der Waals surface area contributed by atoms with E-state index in [0.717, 1.165) is 24.7 Å². The molecule has 0 heterocycles. The van der Waals surface area contributed by atoms with Gasteiger partial charge < -0.3 is 4.74 Å². The maximum Gasteiger partial charge on any atom is 0.305 e. The van der Waals surface area contributed by atoms with Gasteiger partial charge in [0.05, 0.1) is 6.61 Å². The molecule has 23 heavy (non-hydrogen) atoms. The number of carbonyl (C=O) groups is 1. The number of hydrogen-bond acceptors (Lipinski definition) is 2. The second-order valence-corrected chi connectivity index (χ2v) is 7.87. The lowest BCUT2D eigenvalue weighted by Crippen LogP contribution is -2.05. The van der Waals surface area contributed by atoms with Crippen LogP contribution in [0.2, 0.25) is 0 Å². The molecule has 0 aromatic rings. The van der Waals surface area contributed by atoms with Crippen molar-refractivity contribution < 1.29 is 9.53 Å². The molecular formula is C21H42O2. The van der Waals surface area contributed by atoms with Gasteiger partial charge in [-0.3, -0.25) is 4.79 Å². The number of unbranched alkanes of at least 4 members (excludes halogenated alkanes) is 8. The summed E-state index contributed by atoms with van der Waals surface area (Å²) in [5.41, 5.74) is 0. The highest BCUT2D eigenvalue weighted by Gasteiger charge is 2.03. The minimum atomic E-state index is 0.00647. The molecule has 0 radical (unpaired) electrons. The summed E-state index contributed by atoms with van der Waals surface area (Å²) in [6, 6.07) is 0. The van der Waals surface area contributed by atoms with E-state index in [9.17, 15) is 4.79 Å². The molecule has 0 rings (SSSR count). The van der Waals surface area contributed by atoms with Gasteiger partial charge in [0.25, 0.3) is 0 Å². The molecule has 0 fully saturated rings. The molecule has 138 valence electrons. The average Bonchev–Trinajstić information content (AvgIpc) is 2.48. The lowest BCUT2D eigenvalue weighted by atomic mass is 10.0. The molecule has 0 spiro atoms. The van der Waals surface area contributed by atoms with Gasteiger partial charge in [0, 0.05) is 6.42 Å². The fourth-order valence-electron chi connectivity index (χ4n) is 2.80. The summed E-state index contributed by atoms with van der Waals surface area (Å²) in [5.74, 6) is 1.65. The predicted octanol–water partition coefficient (Wildman–Crippen LogP) is 6.91. The van der Waals surface area contributed by atoms with Gasteiger partial charge in [0.1, 0.15) is 0 Å². The maximum atomic E-state index is 11.6. The van der Waals surface area contributed by atoms with Crippen molar-refractivity contribution in [3.05, 3.63) is 0 Å². The number of rotatable bonds is 16. The van der Waals surface area contributed by atoms with Crippen LogP contribution in [0.15, 0.2) is 0 Å². The Morgan fingerprint density at radius 2 is 1.09 bits per heavy atom. The number of esters is 1. The topological polar surface area (TPSA) is 26.3 Å². The normalized spacial score (nSPS) is 11.4. The first-order valence-electron chi connectivity index (χ1n) is 10.2. The van der Waals surface area contributed by atoms with Crippen LogP contribution in [0.25, 0.3) is 0 Å². The molecule has 0 saturated heterocycles. The predicted molar refractivity (Wildman–Crippen MR) is 101 cm³/mol. The van der Waals surface area contributed by atoms with E-state index < -0.39 is 0 Å². The summed E-state index contributed by atoms with van der Waals surface area (Å²) in [7, 11) is 0. The molecule has 0 unspecified atom stereocenters. The van der Waals surface area contributed by atoms with Crippen LogP contribution in [0.1, 0.15) is 111 Å². The van der Waals surface area contributed by atoms with Crippen LogP contribution in [-0.4, -0.2) is 12.6 Å². The third kappa shape index (κ3) is 19.4. The number of ether oxygens (including phenoxy) is 1. The maximum absolute atomic E-state index is 11.6. The molecule has 0 N–H and O–H groups in total. The lowest BCUT2D eigenvalue weighted by Gasteiger charge is -2.06. The molecule has 0 bridgehead atoms. The van der Waals surface area contributed by atoms with Crippen LogP contribution in [-0.2, 0) is 9.53 Å². The summed E-state index contributed by atoms with van der Waals surface area (Å²) in [5, 5.41) is 0. The zero-order chi connectivity index (χ0) is 17.3. The van der Waals surface area contributed by atoms with Gasteiger partial charge >= 0.3 is 5.97 Å². The van der Waals surface area contributed by atoms with E-state index in [4.69, 9.17) is 4.74 Å². The van der Waals surface area contributed by atoms with Gasteiger partial charge in [0.15, 0.2) is 0 Å². The Hall–Kier alpha value is -0.530. The van der Waals surface area contributed by atoms with Crippen molar-refractivity contribution in [3.63, 3.8) is 0 Å². The highest BCUT2D eigenvalue weighted by Crippen LogP contribution is 2.12. The first-order chi connectivity index (χ1) is 11.0. The minimum absolute atomic E-state index is 0.00647. The zero-order valence-corrected chi connectivity index (χ0v) is 16.4. The van der Waals surface area contributed by atoms with Gasteiger partial charge in [-0.15, -0.1) is 0 Å². The highest BCUT2D eigenvalue weighted by atomic mass is 16.5. The second-order valence-electron chi connectivity index (χ2n) is 7.87. The van der Waals surface area contributed by atoms with Gasteiger partial charge in [-0.25, -0.2) is 0 Å². The summed E-state index contributed by atoms with van der Waals surface area (Å²) < 4.78 is 5.31. The van der Waals surface area contributed by atoms with Gasteiger partial charge in [0.2, 0.25) is 0 Å². The average molecular weight is 327 g/mol. The Morgan fingerprint density at radius 1 is 0.652 bits per heavy atom. The Labute approximate surface area is 145 Å². The Kier molecular flexibility index (Phi) is 16.0. The number of carbonyl (C=O) groups excluding carboxylic acids is 1. The van der Waals surface area contributed by atoms with Crippen molar-refractivity contribution >= 4 is 5.97 Å². The molecule has 0 atom stereocenters. The SMILES string of the molecule is CC(C)CCCCCCCOC(=O)CCCCCCCC(C)C. The van der Waals surface area contributed by atoms with Crippen LogP contribution < -0.4 is 0 Å². The van der Waals surface area contributed by atoms with Gasteiger partial charge in [-0.2, -0.15) is 0 Å². The van der Waals surface area contributed by atoms with Gasteiger partial charge in [-0.1, -0.05) is 91.9 Å². The van der Waals surface area contributed by atoms with Crippen molar-refractivity contribution in [3.8, 4) is 0 Å². The molecule has 0 aromatic heterocycles. The van der Waals surface area contributed by atoms with E-state index >= 15 is 0 Å². The molecule has 2 heteroatoms. The van der Waals surface area contributed by atoms with Crippen molar-refractivity contribution in [2.24, 2.45) is 11.8 Å². The van der Waals surface area contributed by atoms with Crippen LogP contribution in [0, 0.1) is 11.8 Å². The molecule has 0 aliphatic rings. The zero-order valence-electron chi connectivity index (χ0n) is 16.4. The third-order valence-electron chi connectivity index (χ3n) is 4.35. The Bertz CT molecular complexity index is 259. The molecular weight excluding hydrogens is 284 g/mol. The molecule has 0 amide bonds. The quantitative estimate of drug-likeness (QED) is 0.227. The van der Waals surface area contributed by atoms with Crippen molar-refractivity contribution in [2.75, 3.05) is 6.61 Å². The summed E-state index contributed by atoms with van der Waals surface area (Å²) >= 11 is 0. The minimum Gasteiger partial charge on any atom is -0.466 e. The Morgan fingerprint density at radius 3 is 1.61 bits per heavy atom. The van der Waals surface area contributed by atoms with Gasteiger partial charge in [-0.05, 0) is 24.7 Å². The van der Waals surface area contributed by atoms with E-state index in [2.05, 4.69) is 27.7 Å². The second kappa shape index (κ2) is 16.3. The summed E-state index contributed by atoms with van der Waals surface area (Å²) in [6.07, 6.45) is 15.5. The molecule has 0 aliphatic carbocycles. The van der Waals surface area contributed by atoms with E-state index in [-0.39, 0.29) is 5.97 Å².